The molecule has 1 fully saturated rings. The van der Waals surface area contributed by atoms with Gasteiger partial charge in [-0.2, -0.15) is 0 Å². The van der Waals surface area contributed by atoms with Crippen LogP contribution in [-0.4, -0.2) is 47.4 Å². The average Bonchev–Trinajstić information content (AvgIpc) is 2.97. The second-order valence-corrected chi connectivity index (χ2v) is 6.96. The largest absolute Gasteiger partial charge is 0.481 e. The molecule has 6 heteroatoms. The number of hydrogen-bond acceptors (Lipinski definition) is 3. The third kappa shape index (κ3) is 2.77. The minimum absolute atomic E-state index is 0.00100. The van der Waals surface area contributed by atoms with Crippen LogP contribution in [0.5, 0.6) is 0 Å². The molecule has 2 aliphatic heterocycles. The Morgan fingerprint density at radius 3 is 2.62 bits per heavy atom. The monoisotopic (exact) mass is 330 g/mol. The van der Waals surface area contributed by atoms with Gasteiger partial charge in [0.05, 0.1) is 5.41 Å². The molecule has 1 N–H and O–H groups in total. The van der Waals surface area contributed by atoms with E-state index in [-0.39, 0.29) is 18.4 Å². The number of nitrogens with zero attached hydrogens (tertiary/aromatic N) is 2. The van der Waals surface area contributed by atoms with E-state index in [0.717, 1.165) is 17.7 Å². The summed E-state index contributed by atoms with van der Waals surface area (Å²) < 4.78 is 0. The van der Waals surface area contributed by atoms with Crippen LogP contribution in [0.1, 0.15) is 42.6 Å². The summed E-state index contributed by atoms with van der Waals surface area (Å²) in [6, 6.07) is 5.39. The second-order valence-electron chi connectivity index (χ2n) is 6.96. The van der Waals surface area contributed by atoms with E-state index in [0.29, 0.717) is 31.5 Å². The summed E-state index contributed by atoms with van der Waals surface area (Å²) in [6.45, 7) is 4.69. The molecule has 0 radical (unpaired) electrons. The highest BCUT2D eigenvalue weighted by molar-refractivity contribution is 5.98. The third-order valence-corrected chi connectivity index (χ3v) is 5.10. The minimum atomic E-state index is -0.879. The van der Waals surface area contributed by atoms with Crippen LogP contribution >= 0.6 is 0 Å². The average molecular weight is 330 g/mol. The van der Waals surface area contributed by atoms with Gasteiger partial charge in [-0.25, -0.2) is 0 Å². The number of likely N-dealkylation sites (tertiary alicyclic amines) is 1. The number of benzene rings is 1. The first-order valence-corrected chi connectivity index (χ1v) is 8.25. The number of carbonyl (C=O) groups excluding carboxylic acids is 2. The van der Waals surface area contributed by atoms with Gasteiger partial charge in [-0.05, 0) is 49.9 Å². The maximum atomic E-state index is 12.8. The van der Waals surface area contributed by atoms with E-state index in [9.17, 15) is 19.5 Å². The summed E-state index contributed by atoms with van der Waals surface area (Å²) >= 11 is 0. The molecular weight excluding hydrogens is 308 g/mol. The first-order valence-electron chi connectivity index (χ1n) is 8.25. The summed E-state index contributed by atoms with van der Waals surface area (Å²) in [5, 5.41) is 9.40. The Hall–Kier alpha value is -2.37. The standard InChI is InChI=1S/C18H22N2O4/c1-12(21)20-9-6-13-10-14(4-5-15(13)20)16(22)19-8-3-7-18(2,11-19)17(23)24/h4-5,10H,3,6-9,11H2,1-2H3,(H,23,24). The summed E-state index contributed by atoms with van der Waals surface area (Å²) in [5.41, 5.74) is 1.55. The second kappa shape index (κ2) is 5.92. The van der Waals surface area contributed by atoms with Gasteiger partial charge in [-0.3, -0.25) is 14.4 Å². The van der Waals surface area contributed by atoms with Crippen molar-refractivity contribution in [2.45, 2.75) is 33.1 Å². The van der Waals surface area contributed by atoms with E-state index in [1.807, 2.05) is 12.1 Å². The zero-order valence-electron chi connectivity index (χ0n) is 14.0. The van der Waals surface area contributed by atoms with Gasteiger partial charge in [0, 0.05) is 37.8 Å². The van der Waals surface area contributed by atoms with Crippen molar-refractivity contribution in [2.24, 2.45) is 5.41 Å². The van der Waals surface area contributed by atoms with E-state index < -0.39 is 11.4 Å². The van der Waals surface area contributed by atoms with Gasteiger partial charge >= 0.3 is 5.97 Å². The molecule has 0 aromatic heterocycles. The topological polar surface area (TPSA) is 77.9 Å². The van der Waals surface area contributed by atoms with Crippen molar-refractivity contribution in [2.75, 3.05) is 24.5 Å². The number of carboxylic acids is 1. The lowest BCUT2D eigenvalue weighted by molar-refractivity contribution is -0.150. The summed E-state index contributed by atoms with van der Waals surface area (Å²) in [4.78, 5) is 39.2. The van der Waals surface area contributed by atoms with Gasteiger partial charge in [0.2, 0.25) is 5.91 Å². The van der Waals surface area contributed by atoms with Crippen molar-refractivity contribution in [3.05, 3.63) is 29.3 Å². The molecular formula is C18H22N2O4. The van der Waals surface area contributed by atoms with E-state index in [2.05, 4.69) is 0 Å². The number of aliphatic carboxylic acids is 1. The molecule has 0 spiro atoms. The van der Waals surface area contributed by atoms with Gasteiger partial charge in [0.15, 0.2) is 0 Å². The summed E-state index contributed by atoms with van der Waals surface area (Å²) in [5.74, 6) is -0.988. The van der Waals surface area contributed by atoms with Crippen molar-refractivity contribution in [3.8, 4) is 0 Å². The van der Waals surface area contributed by atoms with E-state index in [1.54, 1.807) is 22.8 Å². The Balaban J connectivity index is 1.81. The maximum absolute atomic E-state index is 12.8. The molecule has 0 saturated carbocycles. The molecule has 1 aromatic rings. The molecule has 24 heavy (non-hydrogen) atoms. The van der Waals surface area contributed by atoms with Gasteiger partial charge in [-0.15, -0.1) is 0 Å². The van der Waals surface area contributed by atoms with Crippen molar-refractivity contribution in [3.63, 3.8) is 0 Å². The van der Waals surface area contributed by atoms with Crippen molar-refractivity contribution < 1.29 is 19.5 Å². The predicted octanol–water partition coefficient (Wildman–Crippen LogP) is 1.92. The Morgan fingerprint density at radius 1 is 1.21 bits per heavy atom. The molecule has 3 rings (SSSR count). The van der Waals surface area contributed by atoms with Crippen LogP contribution in [0.3, 0.4) is 0 Å². The normalized spacial score (nSPS) is 23.1. The molecule has 2 aliphatic rings. The third-order valence-electron chi connectivity index (χ3n) is 5.10. The highest BCUT2D eigenvalue weighted by Crippen LogP contribution is 2.32. The fourth-order valence-corrected chi connectivity index (χ4v) is 3.63. The number of rotatable bonds is 2. The Morgan fingerprint density at radius 2 is 1.96 bits per heavy atom. The maximum Gasteiger partial charge on any atom is 0.311 e. The molecule has 1 unspecified atom stereocenters. The molecule has 1 atom stereocenters. The summed E-state index contributed by atoms with van der Waals surface area (Å²) in [6.07, 6.45) is 2.02. The van der Waals surface area contributed by atoms with Gasteiger partial charge in [0.25, 0.3) is 5.91 Å². The number of amides is 2. The molecule has 2 amide bonds. The molecule has 0 aliphatic carbocycles. The molecule has 1 aromatic carbocycles. The molecule has 1 saturated heterocycles. The van der Waals surface area contributed by atoms with Crippen LogP contribution in [0.2, 0.25) is 0 Å². The van der Waals surface area contributed by atoms with Crippen LogP contribution in [0, 0.1) is 5.41 Å². The Kier molecular flexibility index (Phi) is 4.07. The summed E-state index contributed by atoms with van der Waals surface area (Å²) in [7, 11) is 0. The van der Waals surface area contributed by atoms with Crippen LogP contribution in [0.15, 0.2) is 18.2 Å². The van der Waals surface area contributed by atoms with E-state index in [4.69, 9.17) is 0 Å². The zero-order chi connectivity index (χ0) is 17.5. The Bertz CT molecular complexity index is 715. The number of hydrogen-bond donors (Lipinski definition) is 1. The fourth-order valence-electron chi connectivity index (χ4n) is 3.63. The van der Waals surface area contributed by atoms with Gasteiger partial charge in [-0.1, -0.05) is 0 Å². The van der Waals surface area contributed by atoms with E-state index in [1.165, 1.54) is 6.92 Å². The number of carboxylic acid groups (broad SMARTS) is 1. The van der Waals surface area contributed by atoms with Crippen molar-refractivity contribution in [1.82, 2.24) is 4.90 Å². The molecule has 128 valence electrons. The highest BCUT2D eigenvalue weighted by atomic mass is 16.4. The Labute approximate surface area is 141 Å². The van der Waals surface area contributed by atoms with Crippen molar-refractivity contribution >= 4 is 23.5 Å². The zero-order valence-corrected chi connectivity index (χ0v) is 14.0. The number of anilines is 1. The first-order chi connectivity index (χ1) is 11.3. The quantitative estimate of drug-likeness (QED) is 0.899. The van der Waals surface area contributed by atoms with Crippen LogP contribution < -0.4 is 4.90 Å². The van der Waals surface area contributed by atoms with Crippen LogP contribution in [0.25, 0.3) is 0 Å². The van der Waals surface area contributed by atoms with Crippen LogP contribution in [0.4, 0.5) is 5.69 Å². The van der Waals surface area contributed by atoms with Crippen LogP contribution in [-0.2, 0) is 16.0 Å². The SMILES string of the molecule is CC(=O)N1CCc2cc(C(=O)N3CCCC(C)(C(=O)O)C3)ccc21. The predicted molar refractivity (Wildman–Crippen MR) is 89.1 cm³/mol. The lowest BCUT2D eigenvalue weighted by Crippen LogP contribution is -2.48. The van der Waals surface area contributed by atoms with Crippen molar-refractivity contribution in [1.29, 1.82) is 0 Å². The molecule has 6 nitrogen and oxygen atoms in total. The smallest absolute Gasteiger partial charge is 0.311 e. The van der Waals surface area contributed by atoms with Gasteiger partial charge < -0.3 is 14.9 Å². The van der Waals surface area contributed by atoms with E-state index >= 15 is 0 Å². The number of fused-ring (bicyclic) bond motifs is 1. The molecule has 2 heterocycles. The fraction of sp³-hybridized carbons (Fsp3) is 0.500. The first kappa shape index (κ1) is 16.5. The number of piperidine rings is 1. The molecule has 0 bridgehead atoms. The van der Waals surface area contributed by atoms with Gasteiger partial charge in [0.1, 0.15) is 0 Å². The lowest BCUT2D eigenvalue weighted by atomic mass is 9.82. The lowest BCUT2D eigenvalue weighted by Gasteiger charge is -2.37. The number of carbonyl (C=O) groups is 3. The highest BCUT2D eigenvalue weighted by Gasteiger charge is 2.39. The minimum Gasteiger partial charge on any atom is -0.481 e.